The van der Waals surface area contributed by atoms with Gasteiger partial charge >= 0.3 is 5.97 Å². The first-order valence-corrected chi connectivity index (χ1v) is 9.30. The topological polar surface area (TPSA) is 57.0 Å². The van der Waals surface area contributed by atoms with Crippen LogP contribution in [0.15, 0.2) is 22.7 Å². The molecule has 1 saturated heterocycles. The fourth-order valence-corrected chi connectivity index (χ4v) is 4.65. The standard InChI is InChI=1S/C15H17N3O2S2/c1-9-7-12(14(19)20-9)22-15-17-16-13(18(15)10-4-5-10)8-11-3-2-6-21-11/h2-3,6,9-10,12H,4-5,7-8H2,1H3/t9-,12+/m0/s1. The summed E-state index contributed by atoms with van der Waals surface area (Å²) in [5, 5.41) is 11.5. The van der Waals surface area contributed by atoms with Crippen LogP contribution in [0.2, 0.25) is 0 Å². The Balaban J connectivity index is 1.57. The minimum absolute atomic E-state index is 0.00730. The predicted octanol–water partition coefficient (Wildman–Crippen LogP) is 3.06. The van der Waals surface area contributed by atoms with Gasteiger partial charge in [-0.2, -0.15) is 0 Å². The van der Waals surface area contributed by atoms with Crippen LogP contribution in [0, 0.1) is 0 Å². The molecule has 0 unspecified atom stereocenters. The van der Waals surface area contributed by atoms with E-state index < -0.39 is 0 Å². The van der Waals surface area contributed by atoms with E-state index in [9.17, 15) is 4.79 Å². The normalized spacial score (nSPS) is 24.7. The SMILES string of the molecule is C[C@H]1C[C@@H](Sc2nnc(Cc3cccs3)n2C2CC2)C(=O)O1. The highest BCUT2D eigenvalue weighted by molar-refractivity contribution is 8.00. The molecule has 2 aromatic heterocycles. The van der Waals surface area contributed by atoms with Crippen molar-refractivity contribution in [2.75, 3.05) is 0 Å². The third kappa shape index (κ3) is 2.79. The van der Waals surface area contributed by atoms with Crippen molar-refractivity contribution < 1.29 is 9.53 Å². The Morgan fingerprint density at radius 3 is 2.95 bits per heavy atom. The van der Waals surface area contributed by atoms with Gasteiger partial charge in [-0.25, -0.2) is 0 Å². The Morgan fingerprint density at radius 1 is 1.45 bits per heavy atom. The van der Waals surface area contributed by atoms with Crippen LogP contribution in [0.4, 0.5) is 0 Å². The van der Waals surface area contributed by atoms with Crippen molar-refractivity contribution in [3.05, 3.63) is 28.2 Å². The molecule has 4 rings (SSSR count). The molecule has 1 aliphatic heterocycles. The van der Waals surface area contributed by atoms with Crippen LogP contribution >= 0.6 is 23.1 Å². The Labute approximate surface area is 137 Å². The summed E-state index contributed by atoms with van der Waals surface area (Å²) in [5.74, 6) is 0.884. The van der Waals surface area contributed by atoms with Crippen LogP contribution in [0.3, 0.4) is 0 Å². The number of aromatic nitrogens is 3. The molecule has 2 aliphatic rings. The second-order valence-corrected chi connectivity index (χ2v) is 8.05. The lowest BCUT2D eigenvalue weighted by Crippen LogP contribution is -2.12. The van der Waals surface area contributed by atoms with Gasteiger partial charge in [0, 0.05) is 23.8 Å². The maximum absolute atomic E-state index is 11.9. The van der Waals surface area contributed by atoms with E-state index in [1.54, 1.807) is 11.3 Å². The van der Waals surface area contributed by atoms with Crippen molar-refractivity contribution in [1.82, 2.24) is 14.8 Å². The first kappa shape index (κ1) is 14.3. The Hall–Kier alpha value is -1.34. The smallest absolute Gasteiger partial charge is 0.319 e. The first-order valence-electron chi connectivity index (χ1n) is 7.54. The van der Waals surface area contributed by atoms with Gasteiger partial charge in [0.2, 0.25) is 0 Å². The maximum atomic E-state index is 11.9. The molecule has 2 aromatic rings. The number of carbonyl (C=O) groups excluding carboxylic acids is 1. The molecule has 2 fully saturated rings. The van der Waals surface area contributed by atoms with Crippen LogP contribution in [0.25, 0.3) is 0 Å². The minimum atomic E-state index is -0.147. The van der Waals surface area contributed by atoms with E-state index in [0.717, 1.165) is 23.8 Å². The lowest BCUT2D eigenvalue weighted by atomic mass is 10.3. The monoisotopic (exact) mass is 335 g/mol. The fraction of sp³-hybridized carbons (Fsp3) is 0.533. The summed E-state index contributed by atoms with van der Waals surface area (Å²) in [6.07, 6.45) is 3.92. The quantitative estimate of drug-likeness (QED) is 0.786. The largest absolute Gasteiger partial charge is 0.462 e. The number of carbonyl (C=O) groups is 1. The van der Waals surface area contributed by atoms with Gasteiger partial charge in [0.15, 0.2) is 5.16 Å². The highest BCUT2D eigenvalue weighted by Gasteiger charge is 2.36. The first-order chi connectivity index (χ1) is 10.7. The average molecular weight is 335 g/mol. The number of hydrogen-bond donors (Lipinski definition) is 0. The van der Waals surface area contributed by atoms with Crippen LogP contribution in [-0.2, 0) is 16.0 Å². The lowest BCUT2D eigenvalue weighted by Gasteiger charge is -2.09. The minimum Gasteiger partial charge on any atom is -0.462 e. The second kappa shape index (κ2) is 5.70. The Kier molecular flexibility index (Phi) is 3.69. The summed E-state index contributed by atoms with van der Waals surface area (Å²) >= 11 is 3.25. The molecule has 2 atom stereocenters. The Bertz CT molecular complexity index is 679. The summed E-state index contributed by atoms with van der Waals surface area (Å²) in [5.41, 5.74) is 0. The summed E-state index contributed by atoms with van der Waals surface area (Å²) in [6.45, 7) is 1.94. The van der Waals surface area contributed by atoms with Crippen molar-refractivity contribution in [3.8, 4) is 0 Å². The molecule has 0 bridgehead atoms. The number of thiophene rings is 1. The van der Waals surface area contributed by atoms with Crippen LogP contribution in [0.5, 0.6) is 0 Å². The number of thioether (sulfide) groups is 1. The number of rotatable bonds is 5. The van der Waals surface area contributed by atoms with Gasteiger partial charge < -0.3 is 9.30 Å². The van der Waals surface area contributed by atoms with Crippen molar-refractivity contribution in [2.24, 2.45) is 0 Å². The number of ether oxygens (including phenoxy) is 1. The van der Waals surface area contributed by atoms with Crippen LogP contribution in [-0.4, -0.2) is 32.1 Å². The molecule has 0 aromatic carbocycles. The molecule has 0 spiro atoms. The molecule has 1 aliphatic carbocycles. The highest BCUT2D eigenvalue weighted by atomic mass is 32.2. The van der Waals surface area contributed by atoms with Gasteiger partial charge in [0.05, 0.1) is 0 Å². The van der Waals surface area contributed by atoms with Crippen molar-refractivity contribution in [1.29, 1.82) is 0 Å². The zero-order valence-electron chi connectivity index (χ0n) is 12.3. The second-order valence-electron chi connectivity index (χ2n) is 5.85. The third-order valence-corrected chi connectivity index (χ3v) is 5.97. The Morgan fingerprint density at radius 2 is 2.32 bits per heavy atom. The van der Waals surface area contributed by atoms with Crippen LogP contribution in [0.1, 0.15) is 42.9 Å². The summed E-state index contributed by atoms with van der Waals surface area (Å²) in [6, 6.07) is 4.69. The molecule has 0 amide bonds. The zero-order chi connectivity index (χ0) is 15.1. The molecular formula is C15H17N3O2S2. The highest BCUT2D eigenvalue weighted by Crippen LogP contribution is 2.41. The average Bonchev–Trinajstić information content (AvgIpc) is 2.90. The molecule has 116 valence electrons. The lowest BCUT2D eigenvalue weighted by molar-refractivity contribution is -0.140. The number of hydrogen-bond acceptors (Lipinski definition) is 6. The number of nitrogens with zero attached hydrogens (tertiary/aromatic N) is 3. The van der Waals surface area contributed by atoms with E-state index in [4.69, 9.17) is 4.74 Å². The molecule has 22 heavy (non-hydrogen) atoms. The molecular weight excluding hydrogens is 318 g/mol. The van der Waals surface area contributed by atoms with E-state index in [-0.39, 0.29) is 17.3 Å². The number of cyclic esters (lactones) is 1. The third-order valence-electron chi connectivity index (χ3n) is 3.93. The van der Waals surface area contributed by atoms with Gasteiger partial charge in [-0.15, -0.1) is 21.5 Å². The van der Waals surface area contributed by atoms with Crippen LogP contribution < -0.4 is 0 Å². The van der Waals surface area contributed by atoms with E-state index in [1.807, 2.05) is 6.92 Å². The molecule has 0 radical (unpaired) electrons. The molecule has 1 saturated carbocycles. The van der Waals surface area contributed by atoms with Gasteiger partial charge in [-0.1, -0.05) is 17.8 Å². The predicted molar refractivity (Wildman–Crippen MR) is 85.2 cm³/mol. The molecule has 0 N–H and O–H groups in total. The molecule has 7 heteroatoms. The summed E-state index contributed by atoms with van der Waals surface area (Å²) in [7, 11) is 0. The van der Waals surface area contributed by atoms with Gasteiger partial charge in [-0.05, 0) is 31.2 Å². The van der Waals surface area contributed by atoms with Crippen molar-refractivity contribution in [3.63, 3.8) is 0 Å². The van der Waals surface area contributed by atoms with E-state index >= 15 is 0 Å². The van der Waals surface area contributed by atoms with Gasteiger partial charge in [0.1, 0.15) is 17.2 Å². The van der Waals surface area contributed by atoms with Gasteiger partial charge in [0.25, 0.3) is 0 Å². The summed E-state index contributed by atoms with van der Waals surface area (Å²) in [4.78, 5) is 13.1. The van der Waals surface area contributed by atoms with E-state index in [2.05, 4.69) is 32.3 Å². The van der Waals surface area contributed by atoms with E-state index in [0.29, 0.717) is 6.04 Å². The molecule has 3 heterocycles. The molecule has 5 nitrogen and oxygen atoms in total. The number of esters is 1. The van der Waals surface area contributed by atoms with Crippen molar-refractivity contribution >= 4 is 29.1 Å². The zero-order valence-corrected chi connectivity index (χ0v) is 13.9. The maximum Gasteiger partial charge on any atom is 0.319 e. The summed E-state index contributed by atoms with van der Waals surface area (Å²) < 4.78 is 7.48. The fourth-order valence-electron chi connectivity index (χ4n) is 2.72. The van der Waals surface area contributed by atoms with Gasteiger partial charge in [-0.3, -0.25) is 4.79 Å². The van der Waals surface area contributed by atoms with E-state index in [1.165, 1.54) is 29.5 Å². The van der Waals surface area contributed by atoms with Crippen molar-refractivity contribution in [2.45, 2.75) is 55.2 Å².